The zero-order valence-corrected chi connectivity index (χ0v) is 22.7. The largest absolute Gasteiger partial charge is 0.357 e. The van der Waals surface area contributed by atoms with Crippen LogP contribution in [-0.4, -0.2) is 86.6 Å². The van der Waals surface area contributed by atoms with E-state index in [1.54, 1.807) is 0 Å². The van der Waals surface area contributed by atoms with Gasteiger partial charge >= 0.3 is 0 Å². The average molecular weight is 557 g/mol. The molecule has 182 valence electrons. The van der Waals surface area contributed by atoms with Crippen LogP contribution in [0, 0.1) is 0 Å². The number of nitrogens with zero attached hydrogens (tertiary/aromatic N) is 4. The number of piperidine rings is 1. The molecular formula is C25H45IN6. The third-order valence-electron chi connectivity index (χ3n) is 6.40. The second-order valence-electron chi connectivity index (χ2n) is 9.13. The number of likely N-dealkylation sites (N-methyl/N-ethyl adjacent to an activating group) is 1. The van der Waals surface area contributed by atoms with Crippen LogP contribution < -0.4 is 10.6 Å². The van der Waals surface area contributed by atoms with E-state index in [0.717, 1.165) is 38.6 Å². The molecule has 0 saturated carbocycles. The maximum atomic E-state index is 4.80. The molecule has 0 spiro atoms. The van der Waals surface area contributed by atoms with E-state index in [1.807, 2.05) is 0 Å². The standard InChI is InChI=1S/C25H44N6.HI/c1-3-26-25(27-13-7-17-30-18-8-14-29(2)19-20-30)28-21-23-9-11-24(12-10-23)22-31-15-5-4-6-16-31;/h9-12H,3-8,13-22H2,1-2H3,(H2,26,27,28);1H. The first-order chi connectivity index (χ1) is 15.2. The first kappa shape index (κ1) is 27.3. The van der Waals surface area contributed by atoms with Crippen molar-refractivity contribution in [2.75, 3.05) is 66.0 Å². The number of guanidine groups is 1. The minimum absolute atomic E-state index is 0. The van der Waals surface area contributed by atoms with E-state index in [-0.39, 0.29) is 24.0 Å². The molecule has 2 aliphatic heterocycles. The van der Waals surface area contributed by atoms with Gasteiger partial charge < -0.3 is 20.4 Å². The van der Waals surface area contributed by atoms with Crippen molar-refractivity contribution in [2.45, 2.75) is 52.1 Å². The molecule has 6 nitrogen and oxygen atoms in total. The molecule has 32 heavy (non-hydrogen) atoms. The van der Waals surface area contributed by atoms with Crippen LogP contribution in [0.3, 0.4) is 0 Å². The fourth-order valence-corrected chi connectivity index (χ4v) is 4.47. The number of likely N-dealkylation sites (tertiary alicyclic amines) is 1. The normalized spacial score (nSPS) is 19.2. The van der Waals surface area contributed by atoms with Crippen LogP contribution >= 0.6 is 24.0 Å². The molecule has 1 aromatic rings. The van der Waals surface area contributed by atoms with Crippen LogP contribution in [0.2, 0.25) is 0 Å². The summed E-state index contributed by atoms with van der Waals surface area (Å²) in [4.78, 5) is 12.4. The van der Waals surface area contributed by atoms with Gasteiger partial charge in [0, 0.05) is 32.7 Å². The second-order valence-corrected chi connectivity index (χ2v) is 9.13. The summed E-state index contributed by atoms with van der Waals surface area (Å²) in [5.41, 5.74) is 2.69. The first-order valence-electron chi connectivity index (χ1n) is 12.5. The Kier molecular flexibility index (Phi) is 13.5. The van der Waals surface area contributed by atoms with Gasteiger partial charge in [-0.1, -0.05) is 30.7 Å². The minimum atomic E-state index is 0. The molecule has 2 fully saturated rings. The van der Waals surface area contributed by atoms with Gasteiger partial charge in [-0.05, 0) is 83.5 Å². The van der Waals surface area contributed by atoms with E-state index in [2.05, 4.69) is 63.6 Å². The van der Waals surface area contributed by atoms with Crippen molar-refractivity contribution in [1.82, 2.24) is 25.3 Å². The molecule has 0 radical (unpaired) electrons. The molecule has 2 aliphatic rings. The van der Waals surface area contributed by atoms with Gasteiger partial charge in [-0.25, -0.2) is 4.99 Å². The third-order valence-corrected chi connectivity index (χ3v) is 6.40. The summed E-state index contributed by atoms with van der Waals surface area (Å²) in [6.07, 6.45) is 6.53. The maximum Gasteiger partial charge on any atom is 0.191 e. The van der Waals surface area contributed by atoms with Gasteiger partial charge in [0.1, 0.15) is 0 Å². The van der Waals surface area contributed by atoms with Crippen LogP contribution in [0.25, 0.3) is 0 Å². The van der Waals surface area contributed by atoms with Crippen molar-refractivity contribution < 1.29 is 0 Å². The predicted octanol–water partition coefficient (Wildman–Crippen LogP) is 3.37. The summed E-state index contributed by atoms with van der Waals surface area (Å²) < 4.78 is 0. The quantitative estimate of drug-likeness (QED) is 0.212. The minimum Gasteiger partial charge on any atom is -0.357 e. The van der Waals surface area contributed by atoms with E-state index in [9.17, 15) is 0 Å². The van der Waals surface area contributed by atoms with E-state index < -0.39 is 0 Å². The Bertz CT molecular complexity index is 644. The second kappa shape index (κ2) is 15.9. The third kappa shape index (κ3) is 10.4. The van der Waals surface area contributed by atoms with E-state index >= 15 is 0 Å². The van der Waals surface area contributed by atoms with Gasteiger partial charge in [0.05, 0.1) is 6.54 Å². The Labute approximate surface area is 213 Å². The molecule has 0 amide bonds. The molecule has 0 atom stereocenters. The molecule has 0 bridgehead atoms. The molecule has 2 N–H and O–H groups in total. The number of aliphatic imine (C=N–C) groups is 1. The van der Waals surface area contributed by atoms with Crippen LogP contribution in [0.1, 0.15) is 50.2 Å². The molecule has 1 aromatic carbocycles. The smallest absolute Gasteiger partial charge is 0.191 e. The van der Waals surface area contributed by atoms with Crippen molar-refractivity contribution in [1.29, 1.82) is 0 Å². The Morgan fingerprint density at radius 3 is 2.31 bits per heavy atom. The lowest BCUT2D eigenvalue weighted by Crippen LogP contribution is -2.39. The summed E-state index contributed by atoms with van der Waals surface area (Å²) in [5, 5.41) is 6.90. The van der Waals surface area contributed by atoms with Crippen LogP contribution in [0.4, 0.5) is 0 Å². The van der Waals surface area contributed by atoms with Gasteiger partial charge in [0.25, 0.3) is 0 Å². The number of hydrogen-bond donors (Lipinski definition) is 2. The SMILES string of the molecule is CCNC(=NCc1ccc(CN2CCCCC2)cc1)NCCCN1CCCN(C)CC1.I. The summed E-state index contributed by atoms with van der Waals surface area (Å²) in [7, 11) is 2.23. The molecule has 3 rings (SSSR count). The Balaban J connectivity index is 0.00000363. The molecule has 7 heteroatoms. The lowest BCUT2D eigenvalue weighted by Gasteiger charge is -2.26. The van der Waals surface area contributed by atoms with Crippen molar-refractivity contribution in [3.63, 3.8) is 0 Å². The number of nitrogens with one attached hydrogen (secondary N) is 2. The Morgan fingerprint density at radius 2 is 1.56 bits per heavy atom. The summed E-state index contributed by atoms with van der Waals surface area (Å²) >= 11 is 0. The zero-order chi connectivity index (χ0) is 21.7. The van der Waals surface area contributed by atoms with Crippen molar-refractivity contribution in [2.24, 2.45) is 4.99 Å². The van der Waals surface area contributed by atoms with Crippen molar-refractivity contribution >= 4 is 29.9 Å². The van der Waals surface area contributed by atoms with E-state index in [0.29, 0.717) is 0 Å². The van der Waals surface area contributed by atoms with Crippen molar-refractivity contribution in [3.05, 3.63) is 35.4 Å². The molecule has 0 unspecified atom stereocenters. The summed E-state index contributed by atoms with van der Waals surface area (Å²) in [6, 6.07) is 9.03. The fourth-order valence-electron chi connectivity index (χ4n) is 4.47. The molecule has 0 aromatic heterocycles. The summed E-state index contributed by atoms with van der Waals surface area (Å²) in [5.74, 6) is 0.926. The van der Waals surface area contributed by atoms with E-state index in [4.69, 9.17) is 4.99 Å². The monoisotopic (exact) mass is 556 g/mol. The Hall–Kier alpha value is -0.900. The van der Waals surface area contributed by atoms with Crippen LogP contribution in [0.5, 0.6) is 0 Å². The van der Waals surface area contributed by atoms with Gasteiger partial charge in [0.2, 0.25) is 0 Å². The van der Waals surface area contributed by atoms with Crippen LogP contribution in [-0.2, 0) is 13.1 Å². The van der Waals surface area contributed by atoms with Gasteiger partial charge in [-0.3, -0.25) is 4.90 Å². The van der Waals surface area contributed by atoms with Crippen LogP contribution in [0.15, 0.2) is 29.3 Å². The van der Waals surface area contributed by atoms with Gasteiger partial charge in [-0.2, -0.15) is 0 Å². The van der Waals surface area contributed by atoms with Gasteiger partial charge in [-0.15, -0.1) is 24.0 Å². The number of benzene rings is 1. The zero-order valence-electron chi connectivity index (χ0n) is 20.3. The highest BCUT2D eigenvalue weighted by atomic mass is 127. The van der Waals surface area contributed by atoms with E-state index in [1.165, 1.54) is 82.6 Å². The molecule has 0 aliphatic carbocycles. The highest BCUT2D eigenvalue weighted by Gasteiger charge is 2.12. The highest BCUT2D eigenvalue weighted by molar-refractivity contribution is 14.0. The lowest BCUT2D eigenvalue weighted by atomic mass is 10.1. The van der Waals surface area contributed by atoms with Gasteiger partial charge in [0.15, 0.2) is 5.96 Å². The lowest BCUT2D eigenvalue weighted by molar-refractivity contribution is 0.221. The first-order valence-corrected chi connectivity index (χ1v) is 12.5. The summed E-state index contributed by atoms with van der Waals surface area (Å²) in [6.45, 7) is 14.3. The molecule has 2 heterocycles. The Morgan fingerprint density at radius 1 is 0.844 bits per heavy atom. The maximum absolute atomic E-state index is 4.80. The topological polar surface area (TPSA) is 46.1 Å². The highest BCUT2D eigenvalue weighted by Crippen LogP contribution is 2.14. The van der Waals surface area contributed by atoms with Crippen molar-refractivity contribution in [3.8, 4) is 0 Å². The predicted molar refractivity (Wildman–Crippen MR) is 147 cm³/mol. The molecule has 2 saturated heterocycles. The number of rotatable bonds is 9. The average Bonchev–Trinajstić information content (AvgIpc) is 3.00. The number of hydrogen-bond acceptors (Lipinski definition) is 4. The fraction of sp³-hybridized carbons (Fsp3) is 0.720. The number of halogens is 1. The molecular weight excluding hydrogens is 511 g/mol.